The van der Waals surface area contributed by atoms with Gasteiger partial charge in [-0.2, -0.15) is 0 Å². The van der Waals surface area contributed by atoms with Crippen molar-refractivity contribution in [2.45, 2.75) is 51.0 Å². The molecule has 1 rings (SSSR count). The first-order valence-corrected chi connectivity index (χ1v) is 7.75. The van der Waals surface area contributed by atoms with Crippen molar-refractivity contribution in [3.63, 3.8) is 0 Å². The Hall–Kier alpha value is -0.130. The van der Waals surface area contributed by atoms with Crippen molar-refractivity contribution >= 4 is 10.0 Å². The lowest BCUT2D eigenvalue weighted by molar-refractivity contribution is 0.280. The molecular formula is C11H23NO3S. The van der Waals surface area contributed by atoms with Crippen LogP contribution in [-0.4, -0.2) is 43.3 Å². The summed E-state index contributed by atoms with van der Waals surface area (Å²) in [4.78, 5) is 0. The Morgan fingerprint density at radius 1 is 1.19 bits per heavy atom. The van der Waals surface area contributed by atoms with Crippen LogP contribution >= 0.6 is 0 Å². The average molecular weight is 249 g/mol. The van der Waals surface area contributed by atoms with Crippen LogP contribution in [-0.2, 0) is 10.0 Å². The third-order valence-corrected chi connectivity index (χ3v) is 5.32. The van der Waals surface area contributed by atoms with Crippen molar-refractivity contribution in [3.05, 3.63) is 0 Å². The number of aliphatic hydroxyl groups is 1. The van der Waals surface area contributed by atoms with Gasteiger partial charge in [0.2, 0.25) is 10.0 Å². The van der Waals surface area contributed by atoms with Crippen LogP contribution in [0.2, 0.25) is 0 Å². The maximum absolute atomic E-state index is 11.9. The van der Waals surface area contributed by atoms with Gasteiger partial charge >= 0.3 is 0 Å². The maximum Gasteiger partial charge on any atom is 0.214 e. The summed E-state index contributed by atoms with van der Waals surface area (Å²) in [5, 5.41) is 8.64. The zero-order chi connectivity index (χ0) is 12.0. The zero-order valence-electron chi connectivity index (χ0n) is 10.1. The molecule has 0 spiro atoms. The van der Waals surface area contributed by atoms with Crippen LogP contribution < -0.4 is 0 Å². The van der Waals surface area contributed by atoms with Crippen molar-refractivity contribution in [3.8, 4) is 0 Å². The Bertz CT molecular complexity index is 284. The van der Waals surface area contributed by atoms with Gasteiger partial charge in [0.25, 0.3) is 0 Å². The van der Waals surface area contributed by atoms with E-state index in [1.54, 1.807) is 11.4 Å². The van der Waals surface area contributed by atoms with E-state index >= 15 is 0 Å². The highest BCUT2D eigenvalue weighted by molar-refractivity contribution is 7.89. The summed E-state index contributed by atoms with van der Waals surface area (Å²) in [5.74, 6) is 0.167. The van der Waals surface area contributed by atoms with Crippen LogP contribution in [0.4, 0.5) is 0 Å². The van der Waals surface area contributed by atoms with Gasteiger partial charge in [0.05, 0.1) is 5.75 Å². The Morgan fingerprint density at radius 2 is 1.81 bits per heavy atom. The predicted octanol–water partition coefficient (Wildman–Crippen LogP) is 1.35. The van der Waals surface area contributed by atoms with E-state index in [9.17, 15) is 8.42 Å². The van der Waals surface area contributed by atoms with Crippen LogP contribution in [0.1, 0.15) is 44.9 Å². The molecule has 0 aromatic rings. The van der Waals surface area contributed by atoms with E-state index in [1.807, 2.05) is 0 Å². The number of unbranched alkanes of at least 4 members (excludes halogenated alkanes) is 1. The summed E-state index contributed by atoms with van der Waals surface area (Å²) in [7, 11) is -1.41. The Morgan fingerprint density at radius 3 is 2.38 bits per heavy atom. The summed E-state index contributed by atoms with van der Waals surface area (Å²) in [5.41, 5.74) is 0. The topological polar surface area (TPSA) is 57.6 Å². The van der Waals surface area contributed by atoms with Crippen molar-refractivity contribution in [1.82, 2.24) is 4.31 Å². The SMILES string of the molecule is CN(C1CCCCC1)S(=O)(=O)CCCCO. The Kier molecular flexibility index (Phi) is 5.72. The van der Waals surface area contributed by atoms with Gasteiger partial charge in [0.1, 0.15) is 0 Å². The van der Waals surface area contributed by atoms with Gasteiger partial charge in [0.15, 0.2) is 0 Å². The average Bonchev–Trinajstić information content (AvgIpc) is 2.29. The van der Waals surface area contributed by atoms with E-state index in [0.29, 0.717) is 12.8 Å². The highest BCUT2D eigenvalue weighted by Gasteiger charge is 2.26. The van der Waals surface area contributed by atoms with E-state index in [1.165, 1.54) is 6.42 Å². The molecule has 4 nitrogen and oxygen atoms in total. The Balaban J connectivity index is 2.46. The molecule has 1 aliphatic carbocycles. The zero-order valence-corrected chi connectivity index (χ0v) is 10.9. The first kappa shape index (κ1) is 13.9. The molecule has 96 valence electrons. The van der Waals surface area contributed by atoms with Crippen molar-refractivity contribution in [2.75, 3.05) is 19.4 Å². The third kappa shape index (κ3) is 4.03. The monoisotopic (exact) mass is 249 g/mol. The van der Waals surface area contributed by atoms with Gasteiger partial charge in [-0.25, -0.2) is 12.7 Å². The minimum absolute atomic E-state index is 0.0721. The standard InChI is InChI=1S/C11H23NO3S/c1-12(11-7-3-2-4-8-11)16(14,15)10-6-5-9-13/h11,13H,2-10H2,1H3. The predicted molar refractivity (Wildman–Crippen MR) is 64.7 cm³/mol. The largest absolute Gasteiger partial charge is 0.396 e. The van der Waals surface area contributed by atoms with Gasteiger partial charge in [-0.1, -0.05) is 19.3 Å². The maximum atomic E-state index is 11.9. The summed E-state index contributed by atoms with van der Waals surface area (Å²) in [6.45, 7) is 0.0721. The number of nitrogens with zero attached hydrogens (tertiary/aromatic N) is 1. The van der Waals surface area contributed by atoms with E-state index in [-0.39, 0.29) is 18.4 Å². The smallest absolute Gasteiger partial charge is 0.214 e. The molecule has 0 aliphatic heterocycles. The second-order valence-electron chi connectivity index (χ2n) is 4.55. The molecule has 0 atom stereocenters. The lowest BCUT2D eigenvalue weighted by Gasteiger charge is -2.30. The van der Waals surface area contributed by atoms with Gasteiger partial charge in [0, 0.05) is 19.7 Å². The van der Waals surface area contributed by atoms with Crippen LogP contribution in [0.15, 0.2) is 0 Å². The molecule has 0 aromatic carbocycles. The molecule has 16 heavy (non-hydrogen) atoms. The number of hydrogen-bond donors (Lipinski definition) is 1. The molecule has 0 radical (unpaired) electrons. The fourth-order valence-electron chi connectivity index (χ4n) is 2.21. The summed E-state index contributed by atoms with van der Waals surface area (Å²) in [6, 6.07) is 0.202. The highest BCUT2D eigenvalue weighted by atomic mass is 32.2. The summed E-state index contributed by atoms with van der Waals surface area (Å²) in [6.07, 6.45) is 6.62. The van der Waals surface area contributed by atoms with Crippen LogP contribution in [0.25, 0.3) is 0 Å². The van der Waals surface area contributed by atoms with Gasteiger partial charge in [-0.3, -0.25) is 0 Å². The van der Waals surface area contributed by atoms with E-state index < -0.39 is 10.0 Å². The normalized spacial score (nSPS) is 19.2. The minimum atomic E-state index is -3.11. The van der Waals surface area contributed by atoms with Crippen molar-refractivity contribution < 1.29 is 13.5 Å². The number of aliphatic hydroxyl groups excluding tert-OH is 1. The number of hydrogen-bond acceptors (Lipinski definition) is 3. The molecule has 1 saturated carbocycles. The molecule has 1 fully saturated rings. The second-order valence-corrected chi connectivity index (χ2v) is 6.70. The fourth-order valence-corrected chi connectivity index (χ4v) is 3.73. The molecule has 0 bridgehead atoms. The van der Waals surface area contributed by atoms with Gasteiger partial charge < -0.3 is 5.11 Å². The quantitative estimate of drug-likeness (QED) is 0.723. The number of sulfonamides is 1. The van der Waals surface area contributed by atoms with E-state index in [0.717, 1.165) is 25.7 Å². The molecule has 0 heterocycles. The Labute approximate surface area is 98.7 Å². The molecule has 0 aromatic heterocycles. The lowest BCUT2D eigenvalue weighted by Crippen LogP contribution is -2.39. The third-order valence-electron chi connectivity index (χ3n) is 3.34. The molecule has 5 heteroatoms. The first-order valence-electron chi connectivity index (χ1n) is 6.14. The van der Waals surface area contributed by atoms with Crippen molar-refractivity contribution in [2.24, 2.45) is 0 Å². The van der Waals surface area contributed by atoms with E-state index in [2.05, 4.69) is 0 Å². The molecule has 1 N–H and O–H groups in total. The van der Waals surface area contributed by atoms with Gasteiger partial charge in [-0.05, 0) is 25.7 Å². The van der Waals surface area contributed by atoms with Crippen LogP contribution in [0.5, 0.6) is 0 Å². The van der Waals surface area contributed by atoms with E-state index in [4.69, 9.17) is 5.11 Å². The summed E-state index contributed by atoms with van der Waals surface area (Å²) < 4.78 is 25.5. The fraction of sp³-hybridized carbons (Fsp3) is 1.00. The summed E-state index contributed by atoms with van der Waals surface area (Å²) >= 11 is 0. The van der Waals surface area contributed by atoms with Crippen LogP contribution in [0, 0.1) is 0 Å². The lowest BCUT2D eigenvalue weighted by atomic mass is 9.96. The highest BCUT2D eigenvalue weighted by Crippen LogP contribution is 2.23. The molecule has 0 amide bonds. The second kappa shape index (κ2) is 6.57. The molecular weight excluding hydrogens is 226 g/mol. The molecule has 0 unspecified atom stereocenters. The minimum Gasteiger partial charge on any atom is -0.396 e. The number of rotatable bonds is 6. The first-order chi connectivity index (χ1) is 7.58. The van der Waals surface area contributed by atoms with Gasteiger partial charge in [-0.15, -0.1) is 0 Å². The molecule has 1 aliphatic rings. The van der Waals surface area contributed by atoms with Crippen LogP contribution in [0.3, 0.4) is 0 Å². The molecule has 0 saturated heterocycles. The van der Waals surface area contributed by atoms with Crippen molar-refractivity contribution in [1.29, 1.82) is 0 Å².